The molecule has 13 nitrogen and oxygen atoms in total. The Labute approximate surface area is 207 Å². The molecule has 0 aliphatic carbocycles. The molecular formula is C21H35N7O6S. The van der Waals surface area contributed by atoms with Crippen molar-refractivity contribution in [3.05, 3.63) is 18.2 Å². The number of hydrogen-bond donors (Lipinski definition) is 7. The molecule has 1 rings (SSSR count). The lowest BCUT2D eigenvalue weighted by Gasteiger charge is -2.26. The van der Waals surface area contributed by atoms with E-state index in [1.54, 1.807) is 13.8 Å². The average Bonchev–Trinajstić information content (AvgIpc) is 3.29. The normalized spacial score (nSPS) is 14.4. The van der Waals surface area contributed by atoms with Crippen molar-refractivity contribution in [1.29, 1.82) is 0 Å². The maximum Gasteiger partial charge on any atom is 0.326 e. The summed E-state index contributed by atoms with van der Waals surface area (Å²) in [5.41, 5.74) is 11.8. The molecule has 35 heavy (non-hydrogen) atoms. The predicted octanol–water partition coefficient (Wildman–Crippen LogP) is -1.51. The van der Waals surface area contributed by atoms with E-state index in [-0.39, 0.29) is 31.6 Å². The van der Waals surface area contributed by atoms with Gasteiger partial charge in [0, 0.05) is 24.7 Å². The van der Waals surface area contributed by atoms with Crippen molar-refractivity contribution in [2.75, 3.05) is 12.0 Å². The predicted molar refractivity (Wildman–Crippen MR) is 130 cm³/mol. The summed E-state index contributed by atoms with van der Waals surface area (Å²) >= 11 is 1.44. The lowest BCUT2D eigenvalue weighted by Crippen LogP contribution is -2.58. The second-order valence-electron chi connectivity index (χ2n) is 8.36. The summed E-state index contributed by atoms with van der Waals surface area (Å²) in [4.78, 5) is 67.9. The number of carbonyl (C=O) groups excluding carboxylic acids is 4. The monoisotopic (exact) mass is 513 g/mol. The maximum absolute atomic E-state index is 13.0. The first-order chi connectivity index (χ1) is 16.5. The largest absolute Gasteiger partial charge is 0.480 e. The van der Waals surface area contributed by atoms with Gasteiger partial charge in [0.2, 0.25) is 23.6 Å². The van der Waals surface area contributed by atoms with Gasteiger partial charge < -0.3 is 37.5 Å². The number of hydrogen-bond acceptors (Lipinski definition) is 8. The van der Waals surface area contributed by atoms with Crippen molar-refractivity contribution in [1.82, 2.24) is 25.9 Å². The first kappa shape index (κ1) is 29.9. The zero-order valence-electron chi connectivity index (χ0n) is 20.1. The van der Waals surface area contributed by atoms with E-state index in [9.17, 15) is 29.1 Å². The number of aromatic nitrogens is 2. The fraction of sp³-hybridized carbons (Fsp3) is 0.619. The van der Waals surface area contributed by atoms with Crippen LogP contribution in [0.15, 0.2) is 12.5 Å². The highest BCUT2D eigenvalue weighted by atomic mass is 32.2. The van der Waals surface area contributed by atoms with Crippen molar-refractivity contribution >= 4 is 41.4 Å². The van der Waals surface area contributed by atoms with Crippen LogP contribution in [0.5, 0.6) is 0 Å². The van der Waals surface area contributed by atoms with Crippen LogP contribution in [0.25, 0.3) is 0 Å². The number of carboxylic acid groups (broad SMARTS) is 1. The van der Waals surface area contributed by atoms with Crippen LogP contribution in [0.4, 0.5) is 0 Å². The lowest BCUT2D eigenvalue weighted by atomic mass is 10.0. The van der Waals surface area contributed by atoms with Crippen LogP contribution in [0, 0.1) is 5.92 Å². The molecule has 0 spiro atoms. The average molecular weight is 514 g/mol. The summed E-state index contributed by atoms with van der Waals surface area (Å²) in [6.45, 7) is 3.30. The number of nitrogens with one attached hydrogen (secondary N) is 4. The number of carbonyl (C=O) groups is 5. The molecule has 1 aromatic heterocycles. The molecule has 4 unspecified atom stereocenters. The minimum atomic E-state index is -1.19. The number of nitrogens with zero attached hydrogens (tertiary/aromatic N) is 1. The number of rotatable bonds is 16. The molecule has 0 aliphatic heterocycles. The molecule has 1 heterocycles. The quantitative estimate of drug-likeness (QED) is 0.136. The van der Waals surface area contributed by atoms with E-state index >= 15 is 0 Å². The highest BCUT2D eigenvalue weighted by Crippen LogP contribution is 2.07. The lowest BCUT2D eigenvalue weighted by molar-refractivity contribution is -0.143. The van der Waals surface area contributed by atoms with Crippen molar-refractivity contribution in [2.24, 2.45) is 17.4 Å². The number of thioether (sulfide) groups is 1. The minimum Gasteiger partial charge on any atom is -0.480 e. The summed E-state index contributed by atoms with van der Waals surface area (Å²) in [7, 11) is 0. The molecule has 4 atom stereocenters. The zero-order valence-corrected chi connectivity index (χ0v) is 20.9. The van der Waals surface area contributed by atoms with E-state index in [0.717, 1.165) is 0 Å². The van der Waals surface area contributed by atoms with E-state index in [0.29, 0.717) is 11.4 Å². The van der Waals surface area contributed by atoms with Gasteiger partial charge >= 0.3 is 5.97 Å². The summed E-state index contributed by atoms with van der Waals surface area (Å²) in [6, 6.07) is -4.38. The SMILES string of the molecule is CSCCC(NC(=O)C(CCC(N)=O)NC(=O)C(N)Cc1cnc[nH]1)C(=O)NC(C(=O)O)C(C)C. The number of aliphatic carboxylic acids is 1. The van der Waals surface area contributed by atoms with Crippen molar-refractivity contribution in [3.63, 3.8) is 0 Å². The third-order valence-electron chi connectivity index (χ3n) is 5.12. The van der Waals surface area contributed by atoms with Crippen LogP contribution in [0.2, 0.25) is 0 Å². The van der Waals surface area contributed by atoms with Crippen LogP contribution < -0.4 is 27.4 Å². The molecular weight excluding hydrogens is 478 g/mol. The van der Waals surface area contributed by atoms with Gasteiger partial charge in [0.1, 0.15) is 18.1 Å². The number of primary amides is 1. The number of H-pyrrole nitrogens is 1. The smallest absolute Gasteiger partial charge is 0.326 e. The molecule has 0 saturated carbocycles. The van der Waals surface area contributed by atoms with Gasteiger partial charge in [-0.2, -0.15) is 11.8 Å². The van der Waals surface area contributed by atoms with Crippen molar-refractivity contribution < 1.29 is 29.1 Å². The molecule has 0 aromatic carbocycles. The summed E-state index contributed by atoms with van der Waals surface area (Å²) in [5.74, 6) is -3.76. The molecule has 0 saturated heterocycles. The topological polar surface area (TPSA) is 222 Å². The van der Waals surface area contributed by atoms with Gasteiger partial charge in [0.05, 0.1) is 12.4 Å². The molecule has 1 aromatic rings. The van der Waals surface area contributed by atoms with Crippen molar-refractivity contribution in [2.45, 2.75) is 63.7 Å². The summed E-state index contributed by atoms with van der Waals surface area (Å²) in [5, 5.41) is 16.9. The molecule has 9 N–H and O–H groups in total. The number of aromatic amines is 1. The third kappa shape index (κ3) is 10.8. The van der Waals surface area contributed by atoms with E-state index in [4.69, 9.17) is 11.5 Å². The summed E-state index contributed by atoms with van der Waals surface area (Å²) < 4.78 is 0. The maximum atomic E-state index is 13.0. The molecule has 0 radical (unpaired) electrons. The van der Waals surface area contributed by atoms with Gasteiger partial charge in [-0.3, -0.25) is 19.2 Å². The first-order valence-corrected chi connectivity index (χ1v) is 12.5. The Morgan fingerprint density at radius 2 is 1.66 bits per heavy atom. The summed E-state index contributed by atoms with van der Waals surface area (Å²) in [6.07, 6.45) is 4.84. The fourth-order valence-corrected chi connectivity index (χ4v) is 3.58. The molecule has 14 heteroatoms. The minimum absolute atomic E-state index is 0.107. The molecule has 0 aliphatic rings. The van der Waals surface area contributed by atoms with E-state index in [1.165, 1.54) is 24.3 Å². The third-order valence-corrected chi connectivity index (χ3v) is 5.76. The first-order valence-electron chi connectivity index (χ1n) is 11.1. The van der Waals surface area contributed by atoms with E-state index in [2.05, 4.69) is 25.9 Å². The van der Waals surface area contributed by atoms with Gasteiger partial charge in [0.25, 0.3) is 0 Å². The molecule has 196 valence electrons. The second kappa shape index (κ2) is 15.0. The molecule has 0 fully saturated rings. The number of nitrogens with two attached hydrogens (primary N) is 2. The Balaban J connectivity index is 2.95. The van der Waals surface area contributed by atoms with Crippen LogP contribution in [0.3, 0.4) is 0 Å². The number of imidazole rings is 1. The Hall–Kier alpha value is -3.13. The van der Waals surface area contributed by atoms with Crippen molar-refractivity contribution in [3.8, 4) is 0 Å². The van der Waals surface area contributed by atoms with Crippen LogP contribution in [-0.2, 0) is 30.4 Å². The zero-order chi connectivity index (χ0) is 26.5. The van der Waals surface area contributed by atoms with E-state index < -0.39 is 53.8 Å². The Kier molecular flexibility index (Phi) is 12.8. The fourth-order valence-electron chi connectivity index (χ4n) is 3.10. The van der Waals surface area contributed by atoms with Crippen LogP contribution in [0.1, 0.15) is 38.8 Å². The Morgan fingerprint density at radius 1 is 1.06 bits per heavy atom. The molecule has 4 amide bonds. The highest BCUT2D eigenvalue weighted by Gasteiger charge is 2.31. The second-order valence-corrected chi connectivity index (χ2v) is 9.35. The van der Waals surface area contributed by atoms with E-state index in [1.807, 2.05) is 6.26 Å². The van der Waals surface area contributed by atoms with Crippen LogP contribution in [-0.4, -0.2) is 80.8 Å². The standard InChI is InChI=1S/C21H35N7O6S/c1-11(2)17(21(33)34)28-20(32)15(6-7-35-3)27-19(31)14(4-5-16(23)29)26-18(30)13(22)8-12-9-24-10-25-12/h9-11,13-15,17H,4-8,22H2,1-3H3,(H2,23,29)(H,24,25)(H,26,30)(H,27,31)(H,28,32)(H,33,34). The molecule has 0 bridgehead atoms. The van der Waals surface area contributed by atoms with Gasteiger partial charge in [-0.05, 0) is 30.8 Å². The highest BCUT2D eigenvalue weighted by molar-refractivity contribution is 7.98. The Bertz CT molecular complexity index is 864. The van der Waals surface area contributed by atoms with Gasteiger partial charge in [-0.1, -0.05) is 13.8 Å². The van der Waals surface area contributed by atoms with Gasteiger partial charge in [-0.15, -0.1) is 0 Å². The number of carboxylic acids is 1. The van der Waals surface area contributed by atoms with Crippen LogP contribution >= 0.6 is 11.8 Å². The Morgan fingerprint density at radius 3 is 2.17 bits per heavy atom. The van der Waals surface area contributed by atoms with Gasteiger partial charge in [-0.25, -0.2) is 9.78 Å². The number of amides is 4. The van der Waals surface area contributed by atoms with Gasteiger partial charge in [0.15, 0.2) is 0 Å².